The van der Waals surface area contributed by atoms with Gasteiger partial charge in [-0.2, -0.15) is 0 Å². The summed E-state index contributed by atoms with van der Waals surface area (Å²) < 4.78 is 0. The van der Waals surface area contributed by atoms with Crippen molar-refractivity contribution < 1.29 is 33.9 Å². The number of fused-ring (bicyclic) bond motifs is 1. The van der Waals surface area contributed by atoms with Crippen molar-refractivity contribution in [2.45, 2.75) is 120 Å². The molecule has 5 rings (SSSR count). The monoisotopic (exact) mass is 750 g/mol. The van der Waals surface area contributed by atoms with Gasteiger partial charge in [-0.05, 0) is 81.5 Å². The Hall–Kier alpha value is -4.49. The van der Waals surface area contributed by atoms with E-state index in [0.29, 0.717) is 50.1 Å². The number of aliphatic hydroxyl groups is 1. The Morgan fingerprint density at radius 3 is 2.21 bits per heavy atom. The molecule has 0 aromatic heterocycles. The molecule has 53 heavy (non-hydrogen) atoms. The first kappa shape index (κ1) is 39.7. The molecule has 286 valence electrons. The van der Waals surface area contributed by atoms with Crippen LogP contribution in [0.2, 0.25) is 5.02 Å². The van der Waals surface area contributed by atoms with Crippen LogP contribution < -0.4 is 26.6 Å². The molecule has 1 saturated carbocycles. The summed E-state index contributed by atoms with van der Waals surface area (Å²) in [5, 5.41) is 25.2. The van der Waals surface area contributed by atoms with Crippen LogP contribution in [0, 0.1) is 0 Å². The number of rotatable bonds is 7. The lowest BCUT2D eigenvalue weighted by Gasteiger charge is -2.41. The van der Waals surface area contributed by atoms with Crippen molar-refractivity contribution in [1.82, 2.24) is 31.5 Å². The highest BCUT2D eigenvalue weighted by Crippen LogP contribution is 2.44. The molecule has 2 heterocycles. The number of hydrogen-bond donors (Lipinski definition) is 6. The van der Waals surface area contributed by atoms with E-state index in [-0.39, 0.29) is 37.6 Å². The number of hydrogen-bond acceptors (Lipinski definition) is 7. The number of nitrogens with one attached hydrogen (secondary N) is 5. The fourth-order valence-corrected chi connectivity index (χ4v) is 7.54. The van der Waals surface area contributed by atoms with Gasteiger partial charge in [0.05, 0.1) is 11.5 Å². The maximum absolute atomic E-state index is 14.1. The molecule has 6 N–H and O–H groups in total. The van der Waals surface area contributed by atoms with Crippen LogP contribution in [0.5, 0.6) is 0 Å². The maximum atomic E-state index is 14.1. The highest BCUT2D eigenvalue weighted by Gasteiger charge is 2.47. The number of aliphatic hydroxyl groups excluding tert-OH is 1. The van der Waals surface area contributed by atoms with Gasteiger partial charge >= 0.3 is 0 Å². The van der Waals surface area contributed by atoms with Gasteiger partial charge in [-0.1, -0.05) is 67.4 Å². The van der Waals surface area contributed by atoms with Crippen LogP contribution >= 0.6 is 11.6 Å². The third kappa shape index (κ3) is 9.55. The molecule has 14 heteroatoms. The largest absolute Gasteiger partial charge is 0.391 e. The standard InChI is InChI=1S/C39H51ClN6O7/c1-3-28-33(48)45-32(24(2)47)36(51)43-30(23-25-11-5-4-6-12-25)37(52)46-22-9-14-31(46)35(50)41-21-8-7-13-29(34(49)42-28)44-38(53)39(19-10-20-39)26-15-17-27(40)18-16-26/h4-6,11-12,15-18,24,28-32,47H,3,7-10,13-14,19-23H2,1-2H3,(H,41,50)(H,42,49)(H,43,51)(H,44,53)(H,45,48)/t24-,28+,29+,30-,31+,32+/m1/s1. The summed E-state index contributed by atoms with van der Waals surface area (Å²) in [4.78, 5) is 84.2. The van der Waals surface area contributed by atoms with E-state index in [1.165, 1.54) is 11.8 Å². The van der Waals surface area contributed by atoms with Gasteiger partial charge in [0.1, 0.15) is 30.2 Å². The molecule has 3 aliphatic rings. The van der Waals surface area contributed by atoms with Crippen molar-refractivity contribution in [2.24, 2.45) is 0 Å². The zero-order valence-electron chi connectivity index (χ0n) is 30.4. The first-order valence-electron chi connectivity index (χ1n) is 18.7. The minimum atomic E-state index is -1.47. The summed E-state index contributed by atoms with van der Waals surface area (Å²) in [6.07, 6.45) is 3.22. The normalized spacial score (nSPS) is 26.6. The SMILES string of the molecule is CC[C@@H]1NC(=O)[C@@H](NC(=O)C2(c3ccc(Cl)cc3)CCC2)CCCCNC(=O)[C@@H]2CCCN2C(=O)[C@@H](Cc2ccccc2)NC(=O)[C@H]([C@@H](C)O)NC1=O. The van der Waals surface area contributed by atoms with E-state index in [9.17, 15) is 33.9 Å². The first-order chi connectivity index (χ1) is 25.4. The van der Waals surface area contributed by atoms with Gasteiger partial charge in [0.2, 0.25) is 35.4 Å². The molecule has 0 bridgehead atoms. The lowest BCUT2D eigenvalue weighted by Crippen LogP contribution is -2.61. The topological polar surface area (TPSA) is 186 Å². The highest BCUT2D eigenvalue weighted by molar-refractivity contribution is 6.30. The average Bonchev–Trinajstić information content (AvgIpc) is 3.62. The van der Waals surface area contributed by atoms with Gasteiger partial charge < -0.3 is 36.6 Å². The summed E-state index contributed by atoms with van der Waals surface area (Å²) in [5.74, 6) is -3.11. The molecular weight excluding hydrogens is 700 g/mol. The number of amides is 6. The van der Waals surface area contributed by atoms with Crippen molar-refractivity contribution in [3.63, 3.8) is 0 Å². The van der Waals surface area contributed by atoms with E-state index in [1.807, 2.05) is 42.5 Å². The molecule has 2 aromatic rings. The van der Waals surface area contributed by atoms with Gasteiger partial charge in [-0.3, -0.25) is 28.8 Å². The predicted octanol–water partition coefficient (Wildman–Crippen LogP) is 2.03. The highest BCUT2D eigenvalue weighted by atomic mass is 35.5. The number of carbonyl (C=O) groups is 6. The molecule has 2 aromatic carbocycles. The van der Waals surface area contributed by atoms with Crippen LogP contribution in [0.4, 0.5) is 0 Å². The van der Waals surface area contributed by atoms with Gasteiger partial charge in [0.25, 0.3) is 0 Å². The molecule has 3 fully saturated rings. The Morgan fingerprint density at radius 1 is 0.868 bits per heavy atom. The third-order valence-electron chi connectivity index (χ3n) is 10.7. The molecule has 0 radical (unpaired) electrons. The molecule has 13 nitrogen and oxygen atoms in total. The number of benzene rings is 2. The van der Waals surface area contributed by atoms with Crippen LogP contribution in [-0.2, 0) is 40.6 Å². The lowest BCUT2D eigenvalue weighted by atomic mass is 9.63. The molecule has 6 atom stereocenters. The predicted molar refractivity (Wildman–Crippen MR) is 198 cm³/mol. The number of nitrogens with zero attached hydrogens (tertiary/aromatic N) is 1. The van der Waals surface area contributed by atoms with Crippen LogP contribution in [-0.4, -0.2) is 94.9 Å². The quantitative estimate of drug-likeness (QED) is 0.250. The van der Waals surface area contributed by atoms with E-state index < -0.39 is 65.4 Å². The minimum Gasteiger partial charge on any atom is -0.391 e. The Morgan fingerprint density at radius 2 is 1.57 bits per heavy atom. The second kappa shape index (κ2) is 18.0. The zero-order valence-corrected chi connectivity index (χ0v) is 31.1. The van der Waals surface area contributed by atoms with Crippen LogP contribution in [0.1, 0.15) is 82.8 Å². The summed E-state index contributed by atoms with van der Waals surface area (Å²) in [6, 6.07) is 10.9. The number of halogens is 1. The van der Waals surface area contributed by atoms with Gasteiger partial charge in [-0.15, -0.1) is 0 Å². The van der Waals surface area contributed by atoms with Crippen molar-refractivity contribution in [3.8, 4) is 0 Å². The van der Waals surface area contributed by atoms with Crippen molar-refractivity contribution >= 4 is 47.0 Å². The van der Waals surface area contributed by atoms with E-state index in [0.717, 1.165) is 17.5 Å². The summed E-state index contributed by atoms with van der Waals surface area (Å²) in [5.41, 5.74) is 0.767. The average molecular weight is 751 g/mol. The smallest absolute Gasteiger partial charge is 0.246 e. The fourth-order valence-electron chi connectivity index (χ4n) is 7.41. The molecule has 1 aliphatic carbocycles. The summed E-state index contributed by atoms with van der Waals surface area (Å²) in [7, 11) is 0. The van der Waals surface area contributed by atoms with Crippen LogP contribution in [0.15, 0.2) is 54.6 Å². The number of carbonyl (C=O) groups excluding carboxylic acids is 6. The van der Waals surface area contributed by atoms with Crippen LogP contribution in [0.25, 0.3) is 0 Å². The second-order valence-electron chi connectivity index (χ2n) is 14.4. The molecule has 6 amide bonds. The maximum Gasteiger partial charge on any atom is 0.246 e. The van der Waals surface area contributed by atoms with Crippen molar-refractivity contribution in [1.29, 1.82) is 0 Å². The third-order valence-corrected chi connectivity index (χ3v) is 11.0. The van der Waals surface area contributed by atoms with Gasteiger partial charge in [-0.25, -0.2) is 0 Å². The van der Waals surface area contributed by atoms with Crippen LogP contribution in [0.3, 0.4) is 0 Å². The first-order valence-corrected chi connectivity index (χ1v) is 19.1. The lowest BCUT2D eigenvalue weighted by molar-refractivity contribution is -0.142. The van der Waals surface area contributed by atoms with Crippen molar-refractivity contribution in [3.05, 3.63) is 70.7 Å². The zero-order chi connectivity index (χ0) is 38.1. The fraction of sp³-hybridized carbons (Fsp3) is 0.538. The minimum absolute atomic E-state index is 0.122. The van der Waals surface area contributed by atoms with Crippen molar-refractivity contribution in [2.75, 3.05) is 13.1 Å². The summed E-state index contributed by atoms with van der Waals surface area (Å²) in [6.45, 7) is 3.66. The van der Waals surface area contributed by atoms with E-state index in [2.05, 4.69) is 26.6 Å². The molecular formula is C39H51ClN6O7. The van der Waals surface area contributed by atoms with Gasteiger partial charge in [0.15, 0.2) is 0 Å². The van der Waals surface area contributed by atoms with E-state index in [4.69, 9.17) is 11.6 Å². The van der Waals surface area contributed by atoms with E-state index >= 15 is 0 Å². The Balaban J connectivity index is 1.40. The summed E-state index contributed by atoms with van der Waals surface area (Å²) >= 11 is 6.12. The Labute approximate surface area is 315 Å². The molecule has 2 saturated heterocycles. The molecule has 0 unspecified atom stereocenters. The molecule has 2 aliphatic heterocycles. The molecule has 0 spiro atoms. The van der Waals surface area contributed by atoms with Gasteiger partial charge in [0, 0.05) is 24.5 Å². The van der Waals surface area contributed by atoms with E-state index in [1.54, 1.807) is 19.1 Å². The Kier molecular flexibility index (Phi) is 13.5. The second-order valence-corrected chi connectivity index (χ2v) is 14.8. The Bertz CT molecular complexity index is 1630.